The van der Waals surface area contributed by atoms with Crippen molar-refractivity contribution in [3.63, 3.8) is 0 Å². The van der Waals surface area contributed by atoms with Crippen LogP contribution in [0.1, 0.15) is 31.0 Å². The minimum atomic E-state index is -4.77. The van der Waals surface area contributed by atoms with Crippen molar-refractivity contribution in [1.29, 1.82) is 0 Å². The first kappa shape index (κ1) is 23.0. The van der Waals surface area contributed by atoms with Crippen LogP contribution in [0.4, 0.5) is 18.9 Å². The highest BCUT2D eigenvalue weighted by molar-refractivity contribution is 7.92. The van der Waals surface area contributed by atoms with E-state index >= 15 is 0 Å². The maximum Gasteiger partial charge on any atom is 0.417 e. The summed E-state index contributed by atoms with van der Waals surface area (Å²) >= 11 is 5.61. The number of alkyl halides is 3. The number of nitrogens with zero attached hydrogens (tertiary/aromatic N) is 1. The Labute approximate surface area is 172 Å². The fourth-order valence-electron chi connectivity index (χ4n) is 2.84. The first-order valence-corrected chi connectivity index (χ1v) is 10.8. The Balaban J connectivity index is 2.37. The zero-order valence-electron chi connectivity index (χ0n) is 15.9. The van der Waals surface area contributed by atoms with Gasteiger partial charge in [0.15, 0.2) is 0 Å². The van der Waals surface area contributed by atoms with Gasteiger partial charge in [-0.15, -0.1) is 0 Å². The minimum absolute atomic E-state index is 0.306. The number of anilines is 1. The number of benzene rings is 2. The van der Waals surface area contributed by atoms with Crippen LogP contribution in [0, 0.1) is 0 Å². The van der Waals surface area contributed by atoms with Crippen LogP contribution in [0.2, 0.25) is 5.02 Å². The summed E-state index contributed by atoms with van der Waals surface area (Å²) in [6, 6.07) is 9.95. The summed E-state index contributed by atoms with van der Waals surface area (Å²) in [6.07, 6.45) is -3.96. The molecule has 158 valence electrons. The van der Waals surface area contributed by atoms with E-state index in [0.717, 1.165) is 24.0 Å². The highest BCUT2D eigenvalue weighted by Gasteiger charge is 2.36. The third kappa shape index (κ3) is 5.63. The zero-order chi connectivity index (χ0) is 22.0. The third-order valence-corrected chi connectivity index (χ3v) is 5.83. The van der Waals surface area contributed by atoms with E-state index in [-0.39, 0.29) is 5.69 Å². The summed E-state index contributed by atoms with van der Waals surface area (Å²) in [4.78, 5) is 12.7. The van der Waals surface area contributed by atoms with Crippen molar-refractivity contribution in [1.82, 2.24) is 5.32 Å². The first-order chi connectivity index (χ1) is 13.3. The highest BCUT2D eigenvalue weighted by Crippen LogP contribution is 2.37. The van der Waals surface area contributed by atoms with Gasteiger partial charge in [-0.2, -0.15) is 13.2 Å². The predicted octanol–water partition coefficient (Wildman–Crippen LogP) is 4.39. The molecular weight excluding hydrogens is 429 g/mol. The first-order valence-electron chi connectivity index (χ1n) is 8.54. The third-order valence-electron chi connectivity index (χ3n) is 4.26. The summed E-state index contributed by atoms with van der Waals surface area (Å²) in [5.41, 5.74) is -0.695. The van der Waals surface area contributed by atoms with E-state index in [9.17, 15) is 26.4 Å². The minimum Gasteiger partial charge on any atom is -0.348 e. The molecule has 0 aliphatic heterocycles. The largest absolute Gasteiger partial charge is 0.417 e. The van der Waals surface area contributed by atoms with Crippen LogP contribution in [0.3, 0.4) is 0 Å². The molecule has 0 aliphatic carbocycles. The Morgan fingerprint density at radius 3 is 2.21 bits per heavy atom. The number of nitrogens with one attached hydrogen (secondary N) is 1. The van der Waals surface area contributed by atoms with Gasteiger partial charge in [0.2, 0.25) is 15.9 Å². The van der Waals surface area contributed by atoms with Crippen LogP contribution in [0.5, 0.6) is 0 Å². The number of hydrogen-bond acceptors (Lipinski definition) is 3. The molecule has 10 heteroatoms. The summed E-state index contributed by atoms with van der Waals surface area (Å²) in [6.45, 7) is 3.02. The zero-order valence-corrected chi connectivity index (χ0v) is 17.4. The van der Waals surface area contributed by atoms with Gasteiger partial charge in [0.1, 0.15) is 6.04 Å². The Morgan fingerprint density at radius 2 is 1.69 bits per heavy atom. The van der Waals surface area contributed by atoms with Gasteiger partial charge < -0.3 is 5.32 Å². The van der Waals surface area contributed by atoms with E-state index in [1.165, 1.54) is 6.92 Å². The maximum absolute atomic E-state index is 13.2. The molecule has 2 atom stereocenters. The van der Waals surface area contributed by atoms with Crippen molar-refractivity contribution in [3.05, 3.63) is 64.7 Å². The second-order valence-corrected chi connectivity index (χ2v) is 8.80. The normalized spacial score (nSPS) is 14.2. The molecule has 0 aromatic heterocycles. The molecule has 0 heterocycles. The average molecular weight is 449 g/mol. The number of sulfonamides is 1. The molecule has 5 nitrogen and oxygen atoms in total. The molecule has 0 fully saturated rings. The summed E-state index contributed by atoms with van der Waals surface area (Å²) < 4.78 is 64.8. The highest BCUT2D eigenvalue weighted by atomic mass is 35.5. The second-order valence-electron chi connectivity index (χ2n) is 6.54. The molecular formula is C19H20ClF3N2O3S. The molecule has 1 N–H and O–H groups in total. The lowest BCUT2D eigenvalue weighted by molar-refractivity contribution is -0.137. The number of amides is 1. The molecule has 0 bridgehead atoms. The van der Waals surface area contributed by atoms with Gasteiger partial charge in [-0.1, -0.05) is 41.9 Å². The summed E-state index contributed by atoms with van der Waals surface area (Å²) in [7, 11) is -4.08. The Kier molecular flexibility index (Phi) is 6.85. The number of halogens is 4. The van der Waals surface area contributed by atoms with Crippen LogP contribution in [0.15, 0.2) is 48.5 Å². The Bertz CT molecular complexity index is 982. The number of hydrogen-bond donors (Lipinski definition) is 1. The molecule has 1 amide bonds. The van der Waals surface area contributed by atoms with Crippen molar-refractivity contribution in [2.24, 2.45) is 0 Å². The summed E-state index contributed by atoms with van der Waals surface area (Å²) in [5, 5.41) is 2.12. The van der Waals surface area contributed by atoms with E-state index in [0.29, 0.717) is 10.4 Å². The van der Waals surface area contributed by atoms with Gasteiger partial charge in [-0.3, -0.25) is 9.10 Å². The number of rotatable bonds is 6. The Morgan fingerprint density at radius 1 is 1.10 bits per heavy atom. The molecule has 0 unspecified atom stereocenters. The molecule has 29 heavy (non-hydrogen) atoms. The standard InChI is InChI=1S/C19H20ClF3N2O3S/c1-12(14-7-5-4-6-8-14)24-18(26)13(2)25(29(3,27)28)15-9-10-17(20)16(11-15)19(21,22)23/h4-13H,1-3H3,(H,24,26)/t12-,13-/m1/s1. The molecule has 0 saturated heterocycles. The van der Waals surface area contributed by atoms with Crippen molar-refractivity contribution in [3.8, 4) is 0 Å². The predicted molar refractivity (Wildman–Crippen MR) is 106 cm³/mol. The molecule has 2 aromatic rings. The van der Waals surface area contributed by atoms with Crippen molar-refractivity contribution >= 4 is 33.2 Å². The van der Waals surface area contributed by atoms with Crippen molar-refractivity contribution < 1.29 is 26.4 Å². The molecule has 0 radical (unpaired) electrons. The van der Waals surface area contributed by atoms with Gasteiger partial charge in [0.25, 0.3) is 0 Å². The molecule has 2 aromatic carbocycles. The maximum atomic E-state index is 13.2. The van der Waals surface area contributed by atoms with Gasteiger partial charge in [-0.25, -0.2) is 8.42 Å². The monoisotopic (exact) mass is 448 g/mol. The van der Waals surface area contributed by atoms with Gasteiger partial charge >= 0.3 is 6.18 Å². The Hall–Kier alpha value is -2.26. The topological polar surface area (TPSA) is 66.5 Å². The lowest BCUT2D eigenvalue weighted by Gasteiger charge is -2.30. The fourth-order valence-corrected chi connectivity index (χ4v) is 4.23. The van der Waals surface area contributed by atoms with Crippen LogP contribution < -0.4 is 9.62 Å². The van der Waals surface area contributed by atoms with Crippen LogP contribution in [-0.2, 0) is 21.0 Å². The average Bonchev–Trinajstić information content (AvgIpc) is 2.61. The molecule has 0 aliphatic rings. The van der Waals surface area contributed by atoms with Crippen molar-refractivity contribution in [2.45, 2.75) is 32.1 Å². The van der Waals surface area contributed by atoms with E-state index in [4.69, 9.17) is 11.6 Å². The van der Waals surface area contributed by atoms with E-state index in [1.807, 2.05) is 6.07 Å². The smallest absolute Gasteiger partial charge is 0.348 e. The van der Waals surface area contributed by atoms with Gasteiger partial charge in [-0.05, 0) is 37.6 Å². The SMILES string of the molecule is C[C@H](C(=O)N[C@H](C)c1ccccc1)N(c1ccc(Cl)c(C(F)(F)F)c1)S(C)(=O)=O. The number of carbonyl (C=O) groups is 1. The second kappa shape index (κ2) is 8.62. The number of carbonyl (C=O) groups excluding carboxylic acids is 1. The van der Waals surface area contributed by atoms with Gasteiger partial charge in [0, 0.05) is 0 Å². The van der Waals surface area contributed by atoms with Gasteiger partial charge in [0.05, 0.1) is 28.6 Å². The van der Waals surface area contributed by atoms with Crippen LogP contribution in [0.25, 0.3) is 0 Å². The lowest BCUT2D eigenvalue weighted by Crippen LogP contribution is -2.48. The molecule has 2 rings (SSSR count). The van der Waals surface area contributed by atoms with Crippen LogP contribution >= 0.6 is 11.6 Å². The van der Waals surface area contributed by atoms with E-state index in [1.54, 1.807) is 31.2 Å². The lowest BCUT2D eigenvalue weighted by atomic mass is 10.1. The van der Waals surface area contributed by atoms with E-state index in [2.05, 4.69) is 5.32 Å². The fraction of sp³-hybridized carbons (Fsp3) is 0.316. The van der Waals surface area contributed by atoms with E-state index < -0.39 is 44.8 Å². The summed E-state index contributed by atoms with van der Waals surface area (Å²) in [5.74, 6) is -0.657. The van der Waals surface area contributed by atoms with Crippen molar-refractivity contribution in [2.75, 3.05) is 10.6 Å². The van der Waals surface area contributed by atoms with Crippen LogP contribution in [-0.4, -0.2) is 26.6 Å². The molecule has 0 spiro atoms. The molecule has 0 saturated carbocycles. The quantitative estimate of drug-likeness (QED) is 0.712.